The Bertz CT molecular complexity index is 951. The Morgan fingerprint density at radius 1 is 0.605 bits per heavy atom. The average molecular weight is 527 g/mol. The molecule has 0 saturated heterocycles. The number of unbranched alkanes of at least 4 members (excludes halogenated alkanes) is 5. The number of benzene rings is 2. The van der Waals surface area contributed by atoms with Gasteiger partial charge in [-0.25, -0.2) is 21.7 Å². The van der Waals surface area contributed by atoms with Crippen LogP contribution < -0.4 is 21.2 Å². The number of carbonyl (C=O) groups excluding carboxylic acids is 4. The topological polar surface area (TPSA) is 145 Å². The molecule has 0 aromatic heterocycles. The van der Waals surface area contributed by atoms with Gasteiger partial charge in [0.25, 0.3) is 11.8 Å². The highest BCUT2D eigenvalue weighted by molar-refractivity contribution is 5.97. The Hall–Kier alpha value is -3.76. The third-order valence-corrected chi connectivity index (χ3v) is 5.85. The van der Waals surface area contributed by atoms with Crippen molar-refractivity contribution in [2.24, 2.45) is 11.7 Å². The maximum absolute atomic E-state index is 12.3. The smallest absolute Gasteiger partial charge is 0.284 e. The molecule has 10 heteroatoms. The van der Waals surface area contributed by atoms with Gasteiger partial charge in [0.15, 0.2) is 12.2 Å². The van der Waals surface area contributed by atoms with E-state index in [0.717, 1.165) is 25.7 Å². The van der Waals surface area contributed by atoms with E-state index in [0.29, 0.717) is 34.4 Å². The van der Waals surface area contributed by atoms with Crippen LogP contribution in [0.4, 0.5) is 0 Å². The molecule has 2 atom stereocenters. The largest absolute Gasteiger partial charge is 0.481 e. The van der Waals surface area contributed by atoms with E-state index in [1.165, 1.54) is 0 Å². The summed E-state index contributed by atoms with van der Waals surface area (Å²) >= 11 is 0. The van der Waals surface area contributed by atoms with Crippen LogP contribution in [0, 0.1) is 0 Å². The fourth-order valence-electron chi connectivity index (χ4n) is 3.65. The van der Waals surface area contributed by atoms with Crippen molar-refractivity contribution in [2.75, 3.05) is 0 Å². The van der Waals surface area contributed by atoms with Crippen molar-refractivity contribution in [1.82, 2.24) is 10.0 Å². The number of para-hydroxylation sites is 2. The number of hydrogen-bond acceptors (Lipinski definition) is 8. The molecule has 2 unspecified atom stereocenters. The zero-order chi connectivity index (χ0) is 27.9. The van der Waals surface area contributed by atoms with Crippen LogP contribution in [0.25, 0.3) is 0 Å². The van der Waals surface area contributed by atoms with Gasteiger partial charge >= 0.3 is 0 Å². The molecule has 0 heterocycles. The van der Waals surface area contributed by atoms with E-state index in [2.05, 4.69) is 0 Å². The predicted octanol–water partition coefficient (Wildman–Crippen LogP) is 3.50. The van der Waals surface area contributed by atoms with Gasteiger partial charge in [-0.15, -0.1) is 0 Å². The van der Waals surface area contributed by atoms with Crippen molar-refractivity contribution in [3.05, 3.63) is 60.7 Å². The number of nitrogens with two attached hydrogens (primary N) is 2. The van der Waals surface area contributed by atoms with E-state index in [4.69, 9.17) is 21.2 Å². The second kappa shape index (κ2) is 16.2. The SMILES string of the molecule is CC(Oc1ccccc1)C(=O)N(N)C(=O)CCCCCCCCC(=O)N(N)C(=O)C(C)Oc1ccccc1. The van der Waals surface area contributed by atoms with Gasteiger partial charge in [0, 0.05) is 12.8 Å². The number of hydrazine groups is 2. The molecule has 4 amide bonds. The predicted molar refractivity (Wildman–Crippen MR) is 142 cm³/mol. The van der Waals surface area contributed by atoms with Gasteiger partial charge in [-0.1, -0.05) is 62.1 Å². The van der Waals surface area contributed by atoms with E-state index in [1.54, 1.807) is 62.4 Å². The fourth-order valence-corrected chi connectivity index (χ4v) is 3.65. The molecule has 0 fully saturated rings. The summed E-state index contributed by atoms with van der Waals surface area (Å²) in [4.78, 5) is 49.2. The van der Waals surface area contributed by atoms with Gasteiger partial charge in [-0.05, 0) is 51.0 Å². The van der Waals surface area contributed by atoms with E-state index >= 15 is 0 Å². The molecule has 0 radical (unpaired) electrons. The molecule has 2 rings (SSSR count). The Kier molecular flexibility index (Phi) is 13.0. The molecule has 0 aliphatic heterocycles. The quantitative estimate of drug-likeness (QED) is 0.155. The van der Waals surface area contributed by atoms with Crippen molar-refractivity contribution >= 4 is 23.6 Å². The van der Waals surface area contributed by atoms with Gasteiger partial charge < -0.3 is 9.47 Å². The first-order valence-electron chi connectivity index (χ1n) is 12.9. The highest BCUT2D eigenvalue weighted by atomic mass is 16.5. The number of ether oxygens (including phenoxy) is 2. The van der Waals surface area contributed by atoms with Crippen molar-refractivity contribution < 1.29 is 28.7 Å². The van der Waals surface area contributed by atoms with E-state index in [-0.39, 0.29) is 12.8 Å². The Balaban J connectivity index is 1.55. The first-order chi connectivity index (χ1) is 18.2. The van der Waals surface area contributed by atoms with Crippen molar-refractivity contribution in [2.45, 2.75) is 77.4 Å². The van der Waals surface area contributed by atoms with Crippen LogP contribution in [0.3, 0.4) is 0 Å². The Morgan fingerprint density at radius 3 is 1.26 bits per heavy atom. The molecular weight excluding hydrogens is 488 g/mol. The normalized spacial score (nSPS) is 12.2. The summed E-state index contributed by atoms with van der Waals surface area (Å²) in [5.74, 6) is 10.3. The zero-order valence-electron chi connectivity index (χ0n) is 22.1. The van der Waals surface area contributed by atoms with Gasteiger partial charge in [0.05, 0.1) is 0 Å². The number of nitrogens with zero attached hydrogens (tertiary/aromatic N) is 2. The molecular formula is C28H38N4O6. The average Bonchev–Trinajstić information content (AvgIpc) is 2.93. The molecule has 0 saturated carbocycles. The summed E-state index contributed by atoms with van der Waals surface area (Å²) in [7, 11) is 0. The highest BCUT2D eigenvalue weighted by Gasteiger charge is 2.25. The standard InChI is InChI=1S/C28H38N4O6/c1-21(37-23-15-9-7-10-16-23)27(35)31(29)25(33)19-13-5-3-4-6-14-20-26(34)32(30)28(36)22(2)38-24-17-11-8-12-18-24/h7-12,15-18,21-22H,3-6,13-14,19-20,29-30H2,1-2H3. The first kappa shape index (κ1) is 30.5. The van der Waals surface area contributed by atoms with Gasteiger partial charge in [-0.3, -0.25) is 19.2 Å². The van der Waals surface area contributed by atoms with Gasteiger partial charge in [0.1, 0.15) is 11.5 Å². The Morgan fingerprint density at radius 2 is 0.921 bits per heavy atom. The van der Waals surface area contributed by atoms with Crippen molar-refractivity contribution in [1.29, 1.82) is 0 Å². The monoisotopic (exact) mass is 526 g/mol. The number of rotatable bonds is 15. The van der Waals surface area contributed by atoms with Crippen LogP contribution in [0.5, 0.6) is 11.5 Å². The van der Waals surface area contributed by atoms with Crippen molar-refractivity contribution in [3.8, 4) is 11.5 Å². The van der Waals surface area contributed by atoms with Gasteiger partial charge in [0.2, 0.25) is 11.8 Å². The van der Waals surface area contributed by atoms with E-state index < -0.39 is 35.8 Å². The van der Waals surface area contributed by atoms with Crippen molar-refractivity contribution in [3.63, 3.8) is 0 Å². The lowest BCUT2D eigenvalue weighted by Crippen LogP contribution is -2.48. The summed E-state index contributed by atoms with van der Waals surface area (Å²) in [6, 6.07) is 17.7. The summed E-state index contributed by atoms with van der Waals surface area (Å²) in [5, 5.41) is 1.26. The lowest BCUT2D eigenvalue weighted by Gasteiger charge is -2.20. The summed E-state index contributed by atoms with van der Waals surface area (Å²) < 4.78 is 11.1. The fraction of sp³-hybridized carbons (Fsp3) is 0.429. The molecule has 0 aliphatic rings. The van der Waals surface area contributed by atoms with Crippen LogP contribution in [0.15, 0.2) is 60.7 Å². The number of carbonyl (C=O) groups is 4. The number of imide groups is 2. The second-order valence-electron chi connectivity index (χ2n) is 8.97. The minimum atomic E-state index is -0.881. The molecule has 0 aliphatic carbocycles. The third kappa shape index (κ3) is 10.3. The highest BCUT2D eigenvalue weighted by Crippen LogP contribution is 2.14. The van der Waals surface area contributed by atoms with Crippen LogP contribution in [-0.4, -0.2) is 45.9 Å². The molecule has 4 N–H and O–H groups in total. The zero-order valence-corrected chi connectivity index (χ0v) is 22.1. The molecule has 38 heavy (non-hydrogen) atoms. The molecule has 10 nitrogen and oxygen atoms in total. The number of hydrogen-bond donors (Lipinski definition) is 2. The Labute approximate surface area is 223 Å². The van der Waals surface area contributed by atoms with Gasteiger partial charge in [-0.2, -0.15) is 0 Å². The summed E-state index contributed by atoms with van der Waals surface area (Å²) in [6.45, 7) is 3.10. The van der Waals surface area contributed by atoms with Crippen LogP contribution in [-0.2, 0) is 19.2 Å². The first-order valence-corrected chi connectivity index (χ1v) is 12.9. The molecule has 0 bridgehead atoms. The lowest BCUT2D eigenvalue weighted by molar-refractivity contribution is -0.151. The third-order valence-electron chi connectivity index (χ3n) is 5.85. The van der Waals surface area contributed by atoms with Crippen LogP contribution in [0.1, 0.15) is 65.2 Å². The summed E-state index contributed by atoms with van der Waals surface area (Å²) in [6.07, 6.45) is 3.04. The molecule has 2 aromatic rings. The van der Waals surface area contributed by atoms with E-state index in [9.17, 15) is 19.2 Å². The lowest BCUT2D eigenvalue weighted by atomic mass is 10.1. The number of amides is 4. The second-order valence-corrected chi connectivity index (χ2v) is 8.97. The van der Waals surface area contributed by atoms with Crippen LogP contribution in [0.2, 0.25) is 0 Å². The maximum Gasteiger partial charge on any atom is 0.284 e. The van der Waals surface area contributed by atoms with Crippen LogP contribution >= 0.6 is 0 Å². The molecule has 0 spiro atoms. The molecule has 2 aromatic carbocycles. The minimum absolute atomic E-state index is 0.159. The summed E-state index contributed by atoms with van der Waals surface area (Å²) in [5.41, 5.74) is 0. The maximum atomic E-state index is 12.3. The molecule has 206 valence electrons. The van der Waals surface area contributed by atoms with E-state index in [1.807, 2.05) is 12.1 Å². The minimum Gasteiger partial charge on any atom is -0.481 e.